The zero-order chi connectivity index (χ0) is 21.8. The standard InChI is InChI=1S/C22H23BrN2O5/c1-12(2)30-21(26)17-18(13-8-6-5-7-9-13)24-22(27)25-19(17)14-10-15(23)20(29-4)16(11-14)28-3/h5-12,19H,1-4H3,(H2,24,25,27). The Balaban J connectivity index is 2.22. The summed E-state index contributed by atoms with van der Waals surface area (Å²) in [6.45, 7) is 3.55. The number of carbonyl (C=O) groups excluding carboxylic acids is 2. The van der Waals surface area contributed by atoms with Crippen molar-refractivity contribution in [2.24, 2.45) is 0 Å². The zero-order valence-electron chi connectivity index (χ0n) is 17.1. The van der Waals surface area contributed by atoms with E-state index >= 15 is 0 Å². The van der Waals surface area contributed by atoms with Crippen LogP contribution in [0.1, 0.15) is 31.0 Å². The second-order valence-corrected chi connectivity index (χ2v) is 7.73. The van der Waals surface area contributed by atoms with E-state index in [1.54, 1.807) is 26.0 Å². The van der Waals surface area contributed by atoms with Crippen LogP contribution in [0.3, 0.4) is 0 Å². The van der Waals surface area contributed by atoms with Gasteiger partial charge in [-0.2, -0.15) is 0 Å². The second kappa shape index (κ2) is 9.21. The number of hydrogen-bond acceptors (Lipinski definition) is 5. The van der Waals surface area contributed by atoms with Crippen molar-refractivity contribution in [2.45, 2.75) is 26.0 Å². The maximum atomic E-state index is 13.1. The van der Waals surface area contributed by atoms with Crippen molar-refractivity contribution in [1.29, 1.82) is 0 Å². The number of halogens is 1. The molecule has 1 heterocycles. The van der Waals surface area contributed by atoms with Gasteiger partial charge in [0, 0.05) is 0 Å². The molecule has 0 bridgehead atoms. The van der Waals surface area contributed by atoms with Crippen LogP contribution in [0.4, 0.5) is 4.79 Å². The van der Waals surface area contributed by atoms with Crippen LogP contribution >= 0.6 is 15.9 Å². The van der Waals surface area contributed by atoms with Crippen LogP contribution in [0.2, 0.25) is 0 Å². The highest BCUT2D eigenvalue weighted by molar-refractivity contribution is 9.10. The Morgan fingerprint density at radius 3 is 2.40 bits per heavy atom. The summed E-state index contributed by atoms with van der Waals surface area (Å²) in [7, 11) is 3.06. The van der Waals surface area contributed by atoms with Crippen molar-refractivity contribution in [3.8, 4) is 11.5 Å². The minimum atomic E-state index is -0.753. The number of urea groups is 1. The van der Waals surface area contributed by atoms with E-state index < -0.39 is 18.0 Å². The lowest BCUT2D eigenvalue weighted by atomic mass is 9.92. The van der Waals surface area contributed by atoms with E-state index in [-0.39, 0.29) is 6.10 Å². The molecule has 1 atom stereocenters. The van der Waals surface area contributed by atoms with Gasteiger partial charge in [-0.25, -0.2) is 9.59 Å². The van der Waals surface area contributed by atoms with Gasteiger partial charge in [0.15, 0.2) is 11.5 Å². The molecule has 3 rings (SSSR count). The SMILES string of the molecule is COc1cc(C2NC(=O)NC(c3ccccc3)=C2C(=O)OC(C)C)cc(Br)c1OC. The summed E-state index contributed by atoms with van der Waals surface area (Å²) >= 11 is 3.47. The van der Waals surface area contributed by atoms with Crippen LogP contribution in [-0.4, -0.2) is 32.3 Å². The lowest BCUT2D eigenvalue weighted by Crippen LogP contribution is -2.45. The molecule has 0 radical (unpaired) electrons. The summed E-state index contributed by atoms with van der Waals surface area (Å²) < 4.78 is 16.9. The van der Waals surface area contributed by atoms with Crippen molar-refractivity contribution in [3.05, 3.63) is 63.6 Å². The Labute approximate surface area is 183 Å². The highest BCUT2D eigenvalue weighted by atomic mass is 79.9. The third-order valence-corrected chi connectivity index (χ3v) is 5.08. The Kier molecular flexibility index (Phi) is 6.66. The lowest BCUT2D eigenvalue weighted by Gasteiger charge is -2.30. The lowest BCUT2D eigenvalue weighted by molar-refractivity contribution is -0.143. The van der Waals surface area contributed by atoms with Crippen molar-refractivity contribution in [3.63, 3.8) is 0 Å². The predicted octanol–water partition coefficient (Wildman–Crippen LogP) is 4.18. The second-order valence-electron chi connectivity index (χ2n) is 6.88. The normalized spacial score (nSPS) is 16.1. The van der Waals surface area contributed by atoms with Crippen LogP contribution in [-0.2, 0) is 9.53 Å². The highest BCUT2D eigenvalue weighted by Crippen LogP contribution is 2.41. The molecule has 1 unspecified atom stereocenters. The van der Waals surface area contributed by atoms with Gasteiger partial charge >= 0.3 is 12.0 Å². The number of rotatable bonds is 6. The van der Waals surface area contributed by atoms with E-state index in [0.717, 1.165) is 0 Å². The number of esters is 1. The smallest absolute Gasteiger partial charge is 0.338 e. The molecular formula is C22H23BrN2O5. The summed E-state index contributed by atoms with van der Waals surface area (Å²) in [5.41, 5.74) is 2.04. The molecule has 1 aliphatic heterocycles. The van der Waals surface area contributed by atoms with Gasteiger partial charge in [-0.05, 0) is 53.0 Å². The van der Waals surface area contributed by atoms with Crippen LogP contribution < -0.4 is 20.1 Å². The topological polar surface area (TPSA) is 85.9 Å². The van der Waals surface area contributed by atoms with E-state index in [9.17, 15) is 9.59 Å². The first-order valence-electron chi connectivity index (χ1n) is 9.35. The average Bonchev–Trinajstić information content (AvgIpc) is 2.72. The number of methoxy groups -OCH3 is 2. The summed E-state index contributed by atoms with van der Waals surface area (Å²) in [5.74, 6) is 0.458. The molecule has 0 spiro atoms. The Morgan fingerprint density at radius 1 is 1.10 bits per heavy atom. The van der Waals surface area contributed by atoms with Gasteiger partial charge < -0.3 is 24.8 Å². The average molecular weight is 475 g/mol. The van der Waals surface area contributed by atoms with Crippen molar-refractivity contribution in [2.75, 3.05) is 14.2 Å². The molecule has 158 valence electrons. The van der Waals surface area contributed by atoms with Gasteiger partial charge in [0.25, 0.3) is 0 Å². The number of hydrogen-bond donors (Lipinski definition) is 2. The minimum Gasteiger partial charge on any atom is -0.493 e. The first kappa shape index (κ1) is 21.7. The third-order valence-electron chi connectivity index (χ3n) is 4.49. The van der Waals surface area contributed by atoms with Crippen molar-refractivity contribution in [1.82, 2.24) is 10.6 Å². The summed E-state index contributed by atoms with van der Waals surface area (Å²) in [5, 5.41) is 5.59. The summed E-state index contributed by atoms with van der Waals surface area (Å²) in [6.07, 6.45) is -0.322. The van der Waals surface area contributed by atoms with Crippen LogP contribution in [0.15, 0.2) is 52.5 Å². The molecule has 30 heavy (non-hydrogen) atoms. The predicted molar refractivity (Wildman–Crippen MR) is 116 cm³/mol. The van der Waals surface area contributed by atoms with E-state index in [4.69, 9.17) is 14.2 Å². The number of nitrogens with one attached hydrogen (secondary N) is 2. The van der Waals surface area contributed by atoms with Gasteiger partial charge in [0.05, 0.1) is 42.1 Å². The number of ether oxygens (including phenoxy) is 3. The highest BCUT2D eigenvalue weighted by Gasteiger charge is 2.35. The monoisotopic (exact) mass is 474 g/mol. The molecule has 8 heteroatoms. The molecule has 0 aliphatic carbocycles. The number of amides is 2. The molecule has 1 aliphatic rings. The molecule has 0 saturated carbocycles. The largest absolute Gasteiger partial charge is 0.493 e. The Hall–Kier alpha value is -3.00. The molecular weight excluding hydrogens is 452 g/mol. The molecule has 2 aromatic rings. The molecule has 0 fully saturated rings. The molecule has 2 aromatic carbocycles. The summed E-state index contributed by atoms with van der Waals surface area (Å²) in [4.78, 5) is 25.6. The van der Waals surface area contributed by atoms with E-state index in [1.807, 2.05) is 30.3 Å². The molecule has 0 aromatic heterocycles. The number of benzene rings is 2. The van der Waals surface area contributed by atoms with Gasteiger partial charge in [-0.3, -0.25) is 0 Å². The first-order valence-corrected chi connectivity index (χ1v) is 10.1. The quantitative estimate of drug-likeness (QED) is 0.613. The Morgan fingerprint density at radius 2 is 1.80 bits per heavy atom. The maximum absolute atomic E-state index is 13.1. The molecule has 2 N–H and O–H groups in total. The van der Waals surface area contributed by atoms with E-state index in [2.05, 4.69) is 26.6 Å². The molecule has 0 saturated heterocycles. The first-order chi connectivity index (χ1) is 14.3. The minimum absolute atomic E-state index is 0.300. The van der Waals surface area contributed by atoms with Crippen molar-refractivity contribution < 1.29 is 23.8 Å². The summed E-state index contributed by atoms with van der Waals surface area (Å²) in [6, 6.07) is 11.5. The Bertz CT molecular complexity index is 989. The van der Waals surface area contributed by atoms with Crippen LogP contribution in [0.25, 0.3) is 5.70 Å². The maximum Gasteiger partial charge on any atom is 0.338 e. The third kappa shape index (κ3) is 4.43. The van der Waals surface area contributed by atoms with Gasteiger partial charge in [-0.15, -0.1) is 0 Å². The van der Waals surface area contributed by atoms with Gasteiger partial charge in [-0.1, -0.05) is 30.3 Å². The van der Waals surface area contributed by atoms with E-state index in [0.29, 0.717) is 38.4 Å². The van der Waals surface area contributed by atoms with Gasteiger partial charge in [0.1, 0.15) is 0 Å². The number of carbonyl (C=O) groups is 2. The fraction of sp³-hybridized carbons (Fsp3) is 0.273. The molecule has 2 amide bonds. The fourth-order valence-electron chi connectivity index (χ4n) is 3.25. The van der Waals surface area contributed by atoms with Crippen LogP contribution in [0.5, 0.6) is 11.5 Å². The molecule has 7 nitrogen and oxygen atoms in total. The van der Waals surface area contributed by atoms with Crippen molar-refractivity contribution >= 4 is 33.6 Å². The van der Waals surface area contributed by atoms with Gasteiger partial charge in [0.2, 0.25) is 0 Å². The van der Waals surface area contributed by atoms with E-state index in [1.165, 1.54) is 14.2 Å². The van der Waals surface area contributed by atoms with Crippen LogP contribution in [0, 0.1) is 0 Å². The zero-order valence-corrected chi connectivity index (χ0v) is 18.7. The fourth-order valence-corrected chi connectivity index (χ4v) is 3.87.